The smallest absolute Gasteiger partial charge is 0.246 e. The largest absolute Gasteiger partial charge is 0.497 e. The van der Waals surface area contributed by atoms with Gasteiger partial charge in [-0.1, -0.05) is 18.2 Å². The van der Waals surface area contributed by atoms with Gasteiger partial charge in [-0.25, -0.2) is 15.0 Å². The highest BCUT2D eigenvalue weighted by atomic mass is 16.5. The highest BCUT2D eigenvalue weighted by Crippen LogP contribution is 2.22. The van der Waals surface area contributed by atoms with Gasteiger partial charge in [-0.05, 0) is 43.3 Å². The van der Waals surface area contributed by atoms with Crippen LogP contribution in [0.4, 0.5) is 5.69 Å². The lowest BCUT2D eigenvalue weighted by Gasteiger charge is -2.18. The summed E-state index contributed by atoms with van der Waals surface area (Å²) < 4.78 is 7.03. The lowest BCUT2D eigenvalue weighted by Crippen LogP contribution is -2.30. The van der Waals surface area contributed by atoms with Crippen LogP contribution in [0.25, 0.3) is 22.6 Å². The van der Waals surface area contributed by atoms with Gasteiger partial charge < -0.3 is 14.2 Å². The number of amides is 1. The van der Waals surface area contributed by atoms with Gasteiger partial charge in [0.2, 0.25) is 5.91 Å². The molecule has 0 aliphatic carbocycles. The summed E-state index contributed by atoms with van der Waals surface area (Å²) in [6, 6.07) is 17.1. The Kier molecular flexibility index (Phi) is 4.95. The number of ether oxygens (including phenoxy) is 1. The van der Waals surface area contributed by atoms with Crippen LogP contribution in [0.1, 0.15) is 5.82 Å². The van der Waals surface area contributed by atoms with Crippen LogP contribution < -0.4 is 9.64 Å². The minimum absolute atomic E-state index is 0.0526. The first-order chi connectivity index (χ1) is 14.1. The molecule has 2 aromatic heterocycles. The Labute approximate surface area is 168 Å². The first-order valence-electron chi connectivity index (χ1n) is 9.22. The first-order valence-corrected chi connectivity index (χ1v) is 9.22. The summed E-state index contributed by atoms with van der Waals surface area (Å²) in [6.07, 6.45) is 1.69. The van der Waals surface area contributed by atoms with E-state index in [1.165, 1.54) is 0 Å². The molecule has 2 heterocycles. The van der Waals surface area contributed by atoms with Gasteiger partial charge in [0, 0.05) is 18.3 Å². The molecule has 0 aliphatic heterocycles. The summed E-state index contributed by atoms with van der Waals surface area (Å²) in [5.41, 5.74) is 3.01. The van der Waals surface area contributed by atoms with E-state index in [1.54, 1.807) is 25.3 Å². The number of methoxy groups -OCH3 is 1. The van der Waals surface area contributed by atoms with Crippen molar-refractivity contribution in [2.24, 2.45) is 0 Å². The number of aromatic nitrogens is 4. The van der Waals surface area contributed by atoms with Gasteiger partial charge in [-0.3, -0.25) is 4.79 Å². The third-order valence-corrected chi connectivity index (χ3v) is 4.84. The van der Waals surface area contributed by atoms with E-state index in [-0.39, 0.29) is 12.5 Å². The van der Waals surface area contributed by atoms with Gasteiger partial charge >= 0.3 is 0 Å². The molecule has 0 fully saturated rings. The topological polar surface area (TPSA) is 73.1 Å². The summed E-state index contributed by atoms with van der Waals surface area (Å²) in [6.45, 7) is 2.01. The number of hydrogen-bond acceptors (Lipinski definition) is 5. The number of rotatable bonds is 5. The van der Waals surface area contributed by atoms with E-state index in [0.29, 0.717) is 17.0 Å². The number of carbonyl (C=O) groups is 1. The molecular formula is C22H21N5O2. The van der Waals surface area contributed by atoms with E-state index >= 15 is 0 Å². The van der Waals surface area contributed by atoms with Crippen LogP contribution >= 0.6 is 0 Å². The zero-order valence-electron chi connectivity index (χ0n) is 16.5. The van der Waals surface area contributed by atoms with Crippen molar-refractivity contribution in [2.75, 3.05) is 19.1 Å². The SMILES string of the molecule is COc1ccc(-c2ncc3nc(C)n(CC(=O)N(C)c4ccccc4)c3n2)cc1. The number of likely N-dealkylation sites (N-methyl/N-ethyl adjacent to an activating group) is 1. The molecule has 0 atom stereocenters. The van der Waals surface area contributed by atoms with Crippen LogP contribution in [0, 0.1) is 6.92 Å². The second-order valence-corrected chi connectivity index (χ2v) is 6.66. The highest BCUT2D eigenvalue weighted by molar-refractivity contribution is 5.93. The lowest BCUT2D eigenvalue weighted by molar-refractivity contribution is -0.118. The van der Waals surface area contributed by atoms with Gasteiger partial charge in [-0.2, -0.15) is 0 Å². The molecule has 0 saturated carbocycles. The van der Waals surface area contributed by atoms with Crippen molar-refractivity contribution in [1.29, 1.82) is 0 Å². The van der Waals surface area contributed by atoms with Gasteiger partial charge in [0.15, 0.2) is 11.5 Å². The summed E-state index contributed by atoms with van der Waals surface area (Å²) in [7, 11) is 3.40. The van der Waals surface area contributed by atoms with Crippen molar-refractivity contribution >= 4 is 22.8 Å². The Morgan fingerprint density at radius 2 is 1.79 bits per heavy atom. The van der Waals surface area contributed by atoms with Crippen LogP contribution in [-0.2, 0) is 11.3 Å². The quantitative estimate of drug-likeness (QED) is 0.524. The van der Waals surface area contributed by atoms with E-state index in [1.807, 2.05) is 66.1 Å². The lowest BCUT2D eigenvalue weighted by atomic mass is 10.2. The van der Waals surface area contributed by atoms with Crippen molar-refractivity contribution in [3.05, 3.63) is 66.6 Å². The predicted octanol–water partition coefficient (Wildman–Crippen LogP) is 3.47. The maximum Gasteiger partial charge on any atom is 0.246 e. The molecule has 0 N–H and O–H groups in total. The summed E-state index contributed by atoms with van der Waals surface area (Å²) in [5.74, 6) is 2.01. The molecule has 4 rings (SSSR count). The number of para-hydroxylation sites is 1. The Morgan fingerprint density at radius 3 is 2.48 bits per heavy atom. The first kappa shape index (κ1) is 18.6. The maximum atomic E-state index is 12.9. The average Bonchev–Trinajstić information content (AvgIpc) is 3.08. The van der Waals surface area contributed by atoms with Crippen LogP contribution in [0.2, 0.25) is 0 Å². The molecule has 0 saturated heterocycles. The molecule has 2 aromatic carbocycles. The van der Waals surface area contributed by atoms with Crippen LogP contribution in [0.3, 0.4) is 0 Å². The number of fused-ring (bicyclic) bond motifs is 1. The van der Waals surface area contributed by atoms with Crippen molar-refractivity contribution < 1.29 is 9.53 Å². The van der Waals surface area contributed by atoms with Crippen LogP contribution in [-0.4, -0.2) is 39.6 Å². The Hall–Kier alpha value is -3.74. The molecule has 7 nitrogen and oxygen atoms in total. The number of carbonyl (C=O) groups excluding carboxylic acids is 1. The van der Waals surface area contributed by atoms with Crippen molar-refractivity contribution in [3.63, 3.8) is 0 Å². The van der Waals surface area contributed by atoms with Crippen LogP contribution in [0.5, 0.6) is 5.75 Å². The van der Waals surface area contributed by atoms with Crippen molar-refractivity contribution in [2.45, 2.75) is 13.5 Å². The fraction of sp³-hybridized carbons (Fsp3) is 0.182. The molecule has 4 aromatic rings. The van der Waals surface area contributed by atoms with E-state index in [4.69, 9.17) is 4.74 Å². The Balaban J connectivity index is 1.67. The molecule has 0 spiro atoms. The number of imidazole rings is 1. The monoisotopic (exact) mass is 387 g/mol. The minimum atomic E-state index is -0.0526. The Bertz CT molecular complexity index is 1150. The maximum absolute atomic E-state index is 12.9. The predicted molar refractivity (Wildman–Crippen MR) is 112 cm³/mol. The number of hydrogen-bond donors (Lipinski definition) is 0. The number of anilines is 1. The molecule has 0 radical (unpaired) electrons. The van der Waals surface area contributed by atoms with E-state index in [9.17, 15) is 4.79 Å². The molecule has 0 unspecified atom stereocenters. The standard InChI is InChI=1S/C22H21N5O2/c1-15-24-19-13-23-21(16-9-11-18(29-3)12-10-16)25-22(19)27(15)14-20(28)26(2)17-7-5-4-6-8-17/h4-13H,14H2,1-3H3. The van der Waals surface area contributed by atoms with Crippen molar-refractivity contribution in [1.82, 2.24) is 19.5 Å². The fourth-order valence-corrected chi connectivity index (χ4v) is 3.14. The summed E-state index contributed by atoms with van der Waals surface area (Å²) >= 11 is 0. The summed E-state index contributed by atoms with van der Waals surface area (Å²) in [4.78, 5) is 28.1. The van der Waals surface area contributed by atoms with Gasteiger partial charge in [-0.15, -0.1) is 0 Å². The molecule has 146 valence electrons. The molecule has 7 heteroatoms. The molecular weight excluding hydrogens is 366 g/mol. The number of aryl methyl sites for hydroxylation is 1. The van der Waals surface area contributed by atoms with E-state index in [0.717, 1.165) is 22.8 Å². The third kappa shape index (κ3) is 3.67. The molecule has 29 heavy (non-hydrogen) atoms. The van der Waals surface area contributed by atoms with Gasteiger partial charge in [0.05, 0.1) is 13.3 Å². The van der Waals surface area contributed by atoms with E-state index < -0.39 is 0 Å². The van der Waals surface area contributed by atoms with Crippen LogP contribution in [0.15, 0.2) is 60.8 Å². The van der Waals surface area contributed by atoms with Gasteiger partial charge in [0.1, 0.15) is 23.6 Å². The third-order valence-electron chi connectivity index (χ3n) is 4.84. The molecule has 0 bridgehead atoms. The second-order valence-electron chi connectivity index (χ2n) is 6.66. The zero-order valence-corrected chi connectivity index (χ0v) is 16.5. The number of benzene rings is 2. The zero-order chi connectivity index (χ0) is 20.4. The minimum Gasteiger partial charge on any atom is -0.497 e. The summed E-state index contributed by atoms with van der Waals surface area (Å²) in [5, 5.41) is 0. The fourth-order valence-electron chi connectivity index (χ4n) is 3.14. The number of nitrogens with zero attached hydrogens (tertiary/aromatic N) is 5. The normalized spacial score (nSPS) is 10.9. The average molecular weight is 387 g/mol. The molecule has 0 aliphatic rings. The van der Waals surface area contributed by atoms with Crippen molar-refractivity contribution in [3.8, 4) is 17.1 Å². The second kappa shape index (κ2) is 7.71. The Morgan fingerprint density at radius 1 is 1.07 bits per heavy atom. The van der Waals surface area contributed by atoms with E-state index in [2.05, 4.69) is 15.0 Å². The van der Waals surface area contributed by atoms with Gasteiger partial charge in [0.25, 0.3) is 0 Å². The molecule has 1 amide bonds. The highest BCUT2D eigenvalue weighted by Gasteiger charge is 2.17.